The molecule has 0 radical (unpaired) electrons. The van der Waals surface area contributed by atoms with E-state index in [-0.39, 0.29) is 42.4 Å². The molecule has 5 heteroatoms. The van der Waals surface area contributed by atoms with Crippen LogP contribution in [0.5, 0.6) is 0 Å². The smallest absolute Gasteiger partial charge is 0.308 e. The van der Waals surface area contributed by atoms with Crippen molar-refractivity contribution >= 4 is 11.9 Å². The Morgan fingerprint density at radius 2 is 2.18 bits per heavy atom. The molecule has 0 amide bonds. The van der Waals surface area contributed by atoms with Gasteiger partial charge in [-0.15, -0.1) is 0 Å². The van der Waals surface area contributed by atoms with E-state index in [1.807, 2.05) is 13.8 Å². The third-order valence-corrected chi connectivity index (χ3v) is 6.69. The van der Waals surface area contributed by atoms with Gasteiger partial charge in [0, 0.05) is 12.3 Å². The summed E-state index contributed by atoms with van der Waals surface area (Å²) in [6.45, 7) is 6.14. The fraction of sp³-hybridized carbons (Fsp3) is 0.739. The van der Waals surface area contributed by atoms with Crippen LogP contribution in [0.15, 0.2) is 23.8 Å². The number of aliphatic hydroxyl groups is 1. The molecule has 0 aromatic carbocycles. The molecule has 0 unspecified atom stereocenters. The molecule has 28 heavy (non-hydrogen) atoms. The summed E-state index contributed by atoms with van der Waals surface area (Å²) < 4.78 is 11.4. The summed E-state index contributed by atoms with van der Waals surface area (Å²) in [5.41, 5.74) is 1.27. The number of esters is 2. The summed E-state index contributed by atoms with van der Waals surface area (Å²) in [5.74, 6) is 0.426. The molecule has 3 rings (SSSR count). The number of cyclic esters (lactones) is 1. The zero-order valence-corrected chi connectivity index (χ0v) is 17.3. The summed E-state index contributed by atoms with van der Waals surface area (Å²) in [6.07, 6.45) is 10.6. The average molecular weight is 391 g/mol. The molecule has 1 N–H and O–H groups in total. The van der Waals surface area contributed by atoms with E-state index in [1.54, 1.807) is 0 Å². The quantitative estimate of drug-likeness (QED) is 0.695. The molecular weight excluding hydrogens is 356 g/mol. The van der Waals surface area contributed by atoms with E-state index in [4.69, 9.17) is 9.47 Å². The highest BCUT2D eigenvalue weighted by Gasteiger charge is 2.40. The standard InChI is InChI=1S/C23H34O5/c1-4-14(2)23(26)28-20-7-5-6-16-9-8-15(3)19(22(16)20)11-10-18-12-17(24)13-21(25)27-18/h6,8-9,14-15,17-20,22,24H,4-5,7,10-13H2,1-3H3/t14-,15-,17-,18+,19+,20-,22-/m1/s1. The van der Waals surface area contributed by atoms with E-state index in [0.29, 0.717) is 18.3 Å². The molecule has 0 aromatic heterocycles. The van der Waals surface area contributed by atoms with Gasteiger partial charge in [-0.1, -0.05) is 39.0 Å². The van der Waals surface area contributed by atoms with Crippen LogP contribution in [0.25, 0.3) is 0 Å². The number of carbonyl (C=O) groups excluding carboxylic acids is 2. The third kappa shape index (κ3) is 4.86. The Kier molecular flexibility index (Phi) is 6.97. The van der Waals surface area contributed by atoms with Gasteiger partial charge in [-0.25, -0.2) is 0 Å². The fourth-order valence-electron chi connectivity index (χ4n) is 4.80. The van der Waals surface area contributed by atoms with Crippen molar-refractivity contribution in [1.82, 2.24) is 0 Å². The molecule has 1 heterocycles. The molecule has 1 aliphatic heterocycles. The molecular formula is C23H34O5. The van der Waals surface area contributed by atoms with Gasteiger partial charge in [-0.2, -0.15) is 0 Å². The van der Waals surface area contributed by atoms with Gasteiger partial charge in [0.25, 0.3) is 0 Å². The maximum atomic E-state index is 12.4. The van der Waals surface area contributed by atoms with E-state index >= 15 is 0 Å². The minimum absolute atomic E-state index is 0.0764. The summed E-state index contributed by atoms with van der Waals surface area (Å²) in [4.78, 5) is 24.1. The number of aliphatic hydroxyl groups excluding tert-OH is 1. The SMILES string of the molecule is CC[C@@H](C)C(=O)O[C@@H]1CCC=C2C=C[C@@H](C)[C@H](CC[C@H]3C[C@@H](O)CC(=O)O3)[C@@H]21. The molecule has 1 fully saturated rings. The van der Waals surface area contributed by atoms with Crippen molar-refractivity contribution in [3.05, 3.63) is 23.8 Å². The highest BCUT2D eigenvalue weighted by atomic mass is 16.5. The molecule has 0 spiro atoms. The number of fused-ring (bicyclic) bond motifs is 1. The molecule has 7 atom stereocenters. The number of ether oxygens (including phenoxy) is 2. The molecule has 3 aliphatic rings. The van der Waals surface area contributed by atoms with Crippen molar-refractivity contribution in [2.45, 2.75) is 84.0 Å². The number of allylic oxidation sites excluding steroid dienone is 3. The van der Waals surface area contributed by atoms with E-state index in [0.717, 1.165) is 32.1 Å². The molecule has 156 valence electrons. The summed E-state index contributed by atoms with van der Waals surface area (Å²) >= 11 is 0. The van der Waals surface area contributed by atoms with Crippen molar-refractivity contribution in [2.75, 3.05) is 0 Å². The number of rotatable bonds is 6. The van der Waals surface area contributed by atoms with Crippen LogP contribution >= 0.6 is 0 Å². The van der Waals surface area contributed by atoms with Crippen LogP contribution in [0.3, 0.4) is 0 Å². The zero-order valence-electron chi connectivity index (χ0n) is 17.3. The van der Waals surface area contributed by atoms with Crippen LogP contribution in [0.1, 0.15) is 65.7 Å². The first kappa shape index (κ1) is 21.1. The maximum absolute atomic E-state index is 12.4. The second-order valence-electron chi connectivity index (χ2n) is 8.76. The Morgan fingerprint density at radius 3 is 2.89 bits per heavy atom. The van der Waals surface area contributed by atoms with Crippen molar-refractivity contribution < 1.29 is 24.2 Å². The molecule has 0 aromatic rings. The Labute approximate surface area is 168 Å². The topological polar surface area (TPSA) is 72.8 Å². The second-order valence-corrected chi connectivity index (χ2v) is 8.76. The van der Waals surface area contributed by atoms with Crippen molar-refractivity contribution in [3.8, 4) is 0 Å². The Morgan fingerprint density at radius 1 is 1.39 bits per heavy atom. The third-order valence-electron chi connectivity index (χ3n) is 6.69. The molecule has 0 bridgehead atoms. The first-order chi connectivity index (χ1) is 13.4. The van der Waals surface area contributed by atoms with Gasteiger partial charge < -0.3 is 14.6 Å². The zero-order chi connectivity index (χ0) is 20.3. The van der Waals surface area contributed by atoms with Gasteiger partial charge in [0.05, 0.1) is 18.4 Å². The second kappa shape index (κ2) is 9.25. The van der Waals surface area contributed by atoms with Gasteiger partial charge in [0.1, 0.15) is 12.2 Å². The predicted molar refractivity (Wildman–Crippen MR) is 106 cm³/mol. The van der Waals surface area contributed by atoms with Gasteiger partial charge in [-0.3, -0.25) is 9.59 Å². The first-order valence-corrected chi connectivity index (χ1v) is 10.8. The highest BCUT2D eigenvalue weighted by Crippen LogP contribution is 2.44. The number of hydrogen-bond acceptors (Lipinski definition) is 5. The monoisotopic (exact) mass is 390 g/mol. The van der Waals surface area contributed by atoms with Crippen LogP contribution < -0.4 is 0 Å². The van der Waals surface area contributed by atoms with E-state index in [1.165, 1.54) is 5.57 Å². The Balaban J connectivity index is 1.70. The number of carbonyl (C=O) groups is 2. The van der Waals surface area contributed by atoms with Gasteiger partial charge >= 0.3 is 11.9 Å². The normalized spacial score (nSPS) is 36.1. The fourth-order valence-corrected chi connectivity index (χ4v) is 4.80. The lowest BCUT2D eigenvalue weighted by Gasteiger charge is -2.42. The van der Waals surface area contributed by atoms with Crippen molar-refractivity contribution in [2.24, 2.45) is 23.7 Å². The Bertz CT molecular complexity index is 637. The largest absolute Gasteiger partial charge is 0.462 e. The maximum Gasteiger partial charge on any atom is 0.308 e. The van der Waals surface area contributed by atoms with Gasteiger partial charge in [0.2, 0.25) is 0 Å². The minimum atomic E-state index is -0.593. The molecule has 5 nitrogen and oxygen atoms in total. The Hall–Kier alpha value is -1.62. The van der Waals surface area contributed by atoms with Crippen molar-refractivity contribution in [1.29, 1.82) is 0 Å². The summed E-state index contributed by atoms with van der Waals surface area (Å²) in [5, 5.41) is 9.86. The summed E-state index contributed by atoms with van der Waals surface area (Å²) in [7, 11) is 0. The average Bonchev–Trinajstić information content (AvgIpc) is 2.66. The first-order valence-electron chi connectivity index (χ1n) is 10.8. The number of hydrogen-bond donors (Lipinski definition) is 1. The van der Waals surface area contributed by atoms with Crippen LogP contribution in [0, 0.1) is 23.7 Å². The molecule has 1 saturated heterocycles. The van der Waals surface area contributed by atoms with Crippen molar-refractivity contribution in [3.63, 3.8) is 0 Å². The van der Waals surface area contributed by atoms with Crippen LogP contribution in [-0.2, 0) is 19.1 Å². The lowest BCUT2D eigenvalue weighted by Crippen LogP contribution is -2.40. The lowest BCUT2D eigenvalue weighted by atomic mass is 9.66. The van der Waals surface area contributed by atoms with Gasteiger partial charge in [-0.05, 0) is 49.5 Å². The van der Waals surface area contributed by atoms with Crippen LogP contribution in [-0.4, -0.2) is 35.4 Å². The molecule has 0 saturated carbocycles. The highest BCUT2D eigenvalue weighted by molar-refractivity contribution is 5.72. The van der Waals surface area contributed by atoms with Crippen LogP contribution in [0.4, 0.5) is 0 Å². The van der Waals surface area contributed by atoms with Crippen LogP contribution in [0.2, 0.25) is 0 Å². The van der Waals surface area contributed by atoms with E-state index in [2.05, 4.69) is 25.2 Å². The lowest BCUT2D eigenvalue weighted by molar-refractivity contribution is -0.162. The van der Waals surface area contributed by atoms with E-state index in [9.17, 15) is 14.7 Å². The minimum Gasteiger partial charge on any atom is -0.462 e. The molecule has 2 aliphatic carbocycles. The predicted octanol–water partition coefficient (Wildman–Crippen LogP) is 3.95. The van der Waals surface area contributed by atoms with Gasteiger partial charge in [0.15, 0.2) is 0 Å². The van der Waals surface area contributed by atoms with E-state index < -0.39 is 6.10 Å². The summed E-state index contributed by atoms with van der Waals surface area (Å²) in [6, 6.07) is 0.